The minimum Gasteiger partial charge on any atom is -0.369 e. The van der Waals surface area contributed by atoms with E-state index < -0.39 is 5.41 Å². The van der Waals surface area contributed by atoms with Crippen LogP contribution < -0.4 is 4.90 Å². The van der Waals surface area contributed by atoms with E-state index in [-0.39, 0.29) is 11.8 Å². The van der Waals surface area contributed by atoms with Gasteiger partial charge in [-0.25, -0.2) is 0 Å². The zero-order valence-electron chi connectivity index (χ0n) is 14.6. The molecule has 0 N–H and O–H groups in total. The van der Waals surface area contributed by atoms with Crippen LogP contribution in [0.25, 0.3) is 0 Å². The fraction of sp³-hybridized carbons (Fsp3) is 0.556. The Labute approximate surface area is 158 Å². The number of carbonyl (C=O) groups is 2. The average molecular weight is 384 g/mol. The molecule has 2 aliphatic rings. The van der Waals surface area contributed by atoms with Crippen LogP contribution in [0.5, 0.6) is 0 Å². The zero-order chi connectivity index (χ0) is 18.2. The normalized spacial score (nSPS) is 25.1. The number of rotatable bonds is 4. The van der Waals surface area contributed by atoms with Gasteiger partial charge in [0.15, 0.2) is 0 Å². The van der Waals surface area contributed by atoms with Crippen molar-refractivity contribution in [1.29, 1.82) is 0 Å². The monoisotopic (exact) mass is 383 g/mol. The molecule has 1 atom stereocenters. The molecule has 2 heterocycles. The average Bonchev–Trinajstić information content (AvgIpc) is 2.82. The Bertz CT molecular complexity index is 689. The summed E-state index contributed by atoms with van der Waals surface area (Å²) < 4.78 is 0. The minimum atomic E-state index is -0.529. The maximum atomic E-state index is 12.5. The molecular weight excluding hydrogens is 361 g/mol. The first-order chi connectivity index (χ1) is 11.8. The van der Waals surface area contributed by atoms with Crippen LogP contribution in [0.1, 0.15) is 26.7 Å². The van der Waals surface area contributed by atoms with E-state index in [0.29, 0.717) is 29.6 Å². The van der Waals surface area contributed by atoms with Crippen molar-refractivity contribution >= 4 is 40.7 Å². The number of carbonyl (C=O) groups excluding carboxylic acids is 2. The number of hydrogen-bond acceptors (Lipinski definition) is 4. The SMILES string of the molecule is CCC1(C)CC(=O)N(CN2CCN(c3ccc(Cl)c(Cl)c3)CC2)C1=O. The van der Waals surface area contributed by atoms with Crippen LogP contribution >= 0.6 is 23.2 Å². The molecule has 2 amide bonds. The second-order valence-corrected chi connectivity index (χ2v) is 7.88. The van der Waals surface area contributed by atoms with Gasteiger partial charge < -0.3 is 4.90 Å². The lowest BCUT2D eigenvalue weighted by atomic mass is 9.86. The van der Waals surface area contributed by atoms with Gasteiger partial charge in [-0.15, -0.1) is 0 Å². The van der Waals surface area contributed by atoms with Gasteiger partial charge in [-0.3, -0.25) is 19.4 Å². The van der Waals surface area contributed by atoms with Gasteiger partial charge >= 0.3 is 0 Å². The lowest BCUT2D eigenvalue weighted by Gasteiger charge is -2.37. The van der Waals surface area contributed by atoms with Crippen LogP contribution in [-0.4, -0.2) is 54.5 Å². The number of benzene rings is 1. The maximum absolute atomic E-state index is 12.5. The summed E-state index contributed by atoms with van der Waals surface area (Å²) in [5.41, 5.74) is 0.514. The molecule has 0 spiro atoms. The second-order valence-electron chi connectivity index (χ2n) is 7.06. The van der Waals surface area contributed by atoms with Gasteiger partial charge in [-0.05, 0) is 24.6 Å². The number of hydrogen-bond donors (Lipinski definition) is 0. The van der Waals surface area contributed by atoms with Gasteiger partial charge in [0.25, 0.3) is 0 Å². The third-order valence-electron chi connectivity index (χ3n) is 5.37. The predicted octanol–water partition coefficient (Wildman–Crippen LogP) is 3.25. The highest BCUT2D eigenvalue weighted by atomic mass is 35.5. The van der Waals surface area contributed by atoms with Crippen molar-refractivity contribution < 1.29 is 9.59 Å². The van der Waals surface area contributed by atoms with Crippen molar-refractivity contribution in [1.82, 2.24) is 9.80 Å². The van der Waals surface area contributed by atoms with Crippen LogP contribution in [-0.2, 0) is 9.59 Å². The molecule has 1 unspecified atom stereocenters. The molecule has 0 saturated carbocycles. The number of piperazine rings is 1. The highest BCUT2D eigenvalue weighted by molar-refractivity contribution is 6.42. The molecule has 1 aromatic carbocycles. The smallest absolute Gasteiger partial charge is 0.236 e. The van der Waals surface area contributed by atoms with E-state index in [9.17, 15) is 9.59 Å². The van der Waals surface area contributed by atoms with Crippen molar-refractivity contribution in [2.24, 2.45) is 5.41 Å². The number of halogens is 2. The topological polar surface area (TPSA) is 43.9 Å². The maximum Gasteiger partial charge on any atom is 0.236 e. The Balaban J connectivity index is 1.59. The molecule has 5 nitrogen and oxygen atoms in total. The Kier molecular flexibility index (Phi) is 5.28. The first kappa shape index (κ1) is 18.5. The van der Waals surface area contributed by atoms with E-state index in [1.165, 1.54) is 4.90 Å². The van der Waals surface area contributed by atoms with Crippen LogP contribution in [0, 0.1) is 5.41 Å². The Morgan fingerprint density at radius 2 is 1.76 bits per heavy atom. The third kappa shape index (κ3) is 3.64. The molecule has 0 bridgehead atoms. The summed E-state index contributed by atoms with van der Waals surface area (Å²) >= 11 is 12.1. The molecular formula is C18H23Cl2N3O2. The highest BCUT2D eigenvalue weighted by Gasteiger charge is 2.47. The lowest BCUT2D eigenvalue weighted by molar-refractivity contribution is -0.143. The number of amides is 2. The Morgan fingerprint density at radius 1 is 1.08 bits per heavy atom. The summed E-state index contributed by atoms with van der Waals surface area (Å²) in [4.78, 5) is 30.6. The molecule has 0 radical (unpaired) electrons. The van der Waals surface area contributed by atoms with Crippen LogP contribution in [0.15, 0.2) is 18.2 Å². The van der Waals surface area contributed by atoms with Crippen molar-refractivity contribution in [2.45, 2.75) is 26.7 Å². The fourth-order valence-electron chi connectivity index (χ4n) is 3.39. The van der Waals surface area contributed by atoms with E-state index in [4.69, 9.17) is 23.2 Å². The largest absolute Gasteiger partial charge is 0.369 e. The van der Waals surface area contributed by atoms with Crippen molar-refractivity contribution in [3.8, 4) is 0 Å². The fourth-order valence-corrected chi connectivity index (χ4v) is 3.68. The van der Waals surface area contributed by atoms with Crippen LogP contribution in [0.4, 0.5) is 5.69 Å². The predicted molar refractivity (Wildman–Crippen MR) is 100.0 cm³/mol. The van der Waals surface area contributed by atoms with Gasteiger partial charge in [0.1, 0.15) is 0 Å². The zero-order valence-corrected chi connectivity index (χ0v) is 16.1. The van der Waals surface area contributed by atoms with Gasteiger partial charge in [0.2, 0.25) is 11.8 Å². The summed E-state index contributed by atoms with van der Waals surface area (Å²) in [7, 11) is 0. The van der Waals surface area contributed by atoms with Gasteiger partial charge in [-0.1, -0.05) is 37.0 Å². The van der Waals surface area contributed by atoms with Gasteiger partial charge in [-0.2, -0.15) is 0 Å². The molecule has 7 heteroatoms. The summed E-state index contributed by atoms with van der Waals surface area (Å²) in [5.74, 6) is -0.0897. The first-order valence-electron chi connectivity index (χ1n) is 8.61. The second kappa shape index (κ2) is 7.14. The molecule has 3 rings (SSSR count). The van der Waals surface area contributed by atoms with Crippen molar-refractivity contribution in [3.63, 3.8) is 0 Å². The molecule has 2 saturated heterocycles. The Hall–Kier alpha value is -1.30. The van der Waals surface area contributed by atoms with Crippen LogP contribution in [0.2, 0.25) is 10.0 Å². The third-order valence-corrected chi connectivity index (χ3v) is 6.11. The molecule has 25 heavy (non-hydrogen) atoms. The molecule has 0 aliphatic carbocycles. The molecule has 136 valence electrons. The van der Waals surface area contributed by atoms with Gasteiger partial charge in [0.05, 0.1) is 22.1 Å². The summed E-state index contributed by atoms with van der Waals surface area (Å²) in [6.07, 6.45) is 1.02. The Morgan fingerprint density at radius 3 is 2.32 bits per heavy atom. The van der Waals surface area contributed by atoms with E-state index in [2.05, 4.69) is 9.80 Å². The first-order valence-corrected chi connectivity index (χ1v) is 9.37. The van der Waals surface area contributed by atoms with E-state index in [0.717, 1.165) is 31.9 Å². The lowest BCUT2D eigenvalue weighted by Crippen LogP contribution is -2.51. The van der Waals surface area contributed by atoms with E-state index in [1.807, 2.05) is 26.0 Å². The number of likely N-dealkylation sites (tertiary alicyclic amines) is 1. The quantitative estimate of drug-likeness (QED) is 0.748. The van der Waals surface area contributed by atoms with Crippen LogP contribution in [0.3, 0.4) is 0 Å². The van der Waals surface area contributed by atoms with E-state index in [1.54, 1.807) is 6.07 Å². The minimum absolute atomic E-state index is 0.0353. The molecule has 0 aromatic heterocycles. The molecule has 2 fully saturated rings. The van der Waals surface area contributed by atoms with Gasteiger partial charge in [0, 0.05) is 38.3 Å². The number of nitrogens with zero attached hydrogens (tertiary/aromatic N) is 3. The molecule has 2 aliphatic heterocycles. The molecule has 1 aromatic rings. The summed E-state index contributed by atoms with van der Waals surface area (Å²) in [6.45, 7) is 7.46. The highest BCUT2D eigenvalue weighted by Crippen LogP contribution is 2.35. The standard InChI is InChI=1S/C18H23Cl2N3O2/c1-3-18(2)11-16(24)23(17(18)25)12-21-6-8-22(9-7-21)13-4-5-14(19)15(20)10-13/h4-5,10H,3,6-9,11-12H2,1-2H3. The summed E-state index contributed by atoms with van der Waals surface area (Å²) in [6, 6.07) is 5.64. The van der Waals surface area contributed by atoms with E-state index >= 15 is 0 Å². The number of anilines is 1. The number of imide groups is 1. The van der Waals surface area contributed by atoms with Crippen molar-refractivity contribution in [3.05, 3.63) is 28.2 Å². The summed E-state index contributed by atoms with van der Waals surface area (Å²) in [5, 5.41) is 1.10. The van der Waals surface area contributed by atoms with Crippen molar-refractivity contribution in [2.75, 3.05) is 37.7 Å².